The molecule has 0 saturated heterocycles. The van der Waals surface area contributed by atoms with Crippen molar-refractivity contribution in [2.45, 2.75) is 47.8 Å². The van der Waals surface area contributed by atoms with Crippen LogP contribution >= 0.6 is 46.7 Å². The zero-order valence-corrected chi connectivity index (χ0v) is 30.1. The van der Waals surface area contributed by atoms with Gasteiger partial charge in [0.15, 0.2) is 13.2 Å². The summed E-state index contributed by atoms with van der Waals surface area (Å²) in [4.78, 5) is 22.8. The molecule has 16 heteroatoms. The first-order chi connectivity index (χ1) is 24.5. The summed E-state index contributed by atoms with van der Waals surface area (Å²) in [5.74, 6) is -1.08. The highest BCUT2D eigenvalue weighted by Gasteiger charge is 2.35. The van der Waals surface area contributed by atoms with Crippen LogP contribution < -0.4 is 9.47 Å². The average molecular weight is 808 g/mol. The molecular formula is C36H30Cl2F6O6S2. The lowest BCUT2D eigenvalue weighted by molar-refractivity contribution is -0.140. The lowest BCUT2D eigenvalue weighted by Crippen LogP contribution is -2.11. The normalized spacial score (nSPS) is 11.8. The molecular weight excluding hydrogens is 777 g/mol. The molecule has 0 spiro atoms. The summed E-state index contributed by atoms with van der Waals surface area (Å²) in [6, 6.07) is 16.6. The Morgan fingerprint density at radius 1 is 0.596 bits per heavy atom. The molecule has 0 saturated carbocycles. The van der Waals surface area contributed by atoms with Gasteiger partial charge in [-0.3, -0.25) is 0 Å². The highest BCUT2D eigenvalue weighted by atomic mass is 35.5. The van der Waals surface area contributed by atoms with Crippen LogP contribution in [0.4, 0.5) is 26.3 Å². The van der Waals surface area contributed by atoms with Crippen molar-refractivity contribution in [1.29, 1.82) is 0 Å². The maximum atomic E-state index is 14.2. The van der Waals surface area contributed by atoms with E-state index >= 15 is 0 Å². The number of carbonyl (C=O) groups is 2. The number of halogens is 8. The maximum absolute atomic E-state index is 14.2. The van der Waals surface area contributed by atoms with Crippen LogP contribution in [0.25, 0.3) is 11.1 Å². The van der Waals surface area contributed by atoms with Crippen molar-refractivity contribution in [1.82, 2.24) is 0 Å². The number of rotatable bonds is 17. The number of thioether (sulfide) groups is 2. The molecule has 0 aliphatic carbocycles. The molecule has 4 aromatic carbocycles. The molecule has 278 valence electrons. The van der Waals surface area contributed by atoms with Crippen molar-refractivity contribution >= 4 is 58.7 Å². The van der Waals surface area contributed by atoms with Crippen LogP contribution in [-0.4, -0.2) is 46.9 Å². The molecule has 0 heterocycles. The van der Waals surface area contributed by atoms with E-state index in [9.17, 15) is 35.9 Å². The molecule has 0 aliphatic rings. The van der Waals surface area contributed by atoms with Crippen molar-refractivity contribution in [3.63, 3.8) is 0 Å². The molecule has 0 aliphatic heterocycles. The quantitative estimate of drug-likeness (QED) is 0.0619. The van der Waals surface area contributed by atoms with Crippen molar-refractivity contribution in [3.8, 4) is 22.6 Å². The van der Waals surface area contributed by atoms with Gasteiger partial charge in [-0.1, -0.05) is 47.5 Å². The minimum atomic E-state index is -4.74. The van der Waals surface area contributed by atoms with Crippen LogP contribution in [0.1, 0.15) is 35.1 Å². The third kappa shape index (κ3) is 12.2. The fraction of sp³-hybridized carbons (Fsp3) is 0.278. The second kappa shape index (κ2) is 18.4. The Morgan fingerprint density at radius 3 is 1.31 bits per heavy atom. The van der Waals surface area contributed by atoms with Crippen molar-refractivity contribution in [2.24, 2.45) is 0 Å². The van der Waals surface area contributed by atoms with Crippen LogP contribution in [-0.2, 0) is 34.8 Å². The van der Waals surface area contributed by atoms with E-state index in [-0.39, 0.29) is 56.6 Å². The van der Waals surface area contributed by atoms with Gasteiger partial charge in [0.2, 0.25) is 0 Å². The van der Waals surface area contributed by atoms with Gasteiger partial charge in [0.1, 0.15) is 11.5 Å². The summed E-state index contributed by atoms with van der Waals surface area (Å²) in [6.07, 6.45) is -8.64. The van der Waals surface area contributed by atoms with Crippen LogP contribution in [0.5, 0.6) is 11.5 Å². The van der Waals surface area contributed by atoms with Crippen LogP contribution in [0.15, 0.2) is 82.6 Å². The zero-order valence-electron chi connectivity index (χ0n) is 27.0. The molecule has 0 unspecified atom stereocenters. The molecule has 0 amide bonds. The van der Waals surface area contributed by atoms with Gasteiger partial charge in [0.05, 0.1) is 21.2 Å². The van der Waals surface area contributed by atoms with Crippen LogP contribution in [0.2, 0.25) is 10.0 Å². The molecule has 0 bridgehead atoms. The number of aryl methyl sites for hydroxylation is 2. The third-order valence-corrected chi connectivity index (χ3v) is 10.1. The largest absolute Gasteiger partial charge is 0.480 e. The Balaban J connectivity index is 1.40. The molecule has 0 fully saturated rings. The van der Waals surface area contributed by atoms with E-state index in [2.05, 4.69) is 0 Å². The maximum Gasteiger partial charge on any atom is 0.416 e. The van der Waals surface area contributed by atoms with Gasteiger partial charge < -0.3 is 19.7 Å². The first-order valence-corrected chi connectivity index (χ1v) is 18.2. The Kier molecular flexibility index (Phi) is 14.5. The zero-order chi connectivity index (χ0) is 38.1. The van der Waals surface area contributed by atoms with E-state index in [1.165, 1.54) is 59.9 Å². The minimum absolute atomic E-state index is 0.00515. The predicted octanol–water partition coefficient (Wildman–Crippen LogP) is 11.1. The van der Waals surface area contributed by atoms with E-state index in [4.69, 9.17) is 42.9 Å². The number of aliphatic carboxylic acids is 2. The van der Waals surface area contributed by atoms with Crippen LogP contribution in [0, 0.1) is 0 Å². The van der Waals surface area contributed by atoms with Crippen molar-refractivity contribution in [3.05, 3.63) is 105 Å². The van der Waals surface area contributed by atoms with Gasteiger partial charge >= 0.3 is 24.3 Å². The topological polar surface area (TPSA) is 93.1 Å². The molecule has 4 rings (SSSR count). The molecule has 0 aromatic heterocycles. The van der Waals surface area contributed by atoms with Gasteiger partial charge in [-0.25, -0.2) is 9.59 Å². The summed E-state index contributed by atoms with van der Waals surface area (Å²) in [5.41, 5.74) is -1.80. The van der Waals surface area contributed by atoms with Gasteiger partial charge in [0.25, 0.3) is 0 Å². The Morgan fingerprint density at radius 2 is 0.981 bits per heavy atom. The standard InChI is InChI=1S/C36H30Cl2F6O6S2/c37-29-17-25(9-11-31(29)49-19-33(45)46)51-13-1-3-21-5-7-23(15-27(21)35(39,40)41)24-8-6-22(28(16-24)36(42,43)44)4-2-14-52-26-10-12-32(30(38)18-26)50-20-34(47)48/h5-12,15-18H,1-4,13-14,19-20H2,(H,45,46)(H,47,48). The fourth-order valence-corrected chi connectivity index (χ4v) is 7.42. The molecule has 2 N–H and O–H groups in total. The van der Waals surface area contributed by atoms with E-state index in [1.54, 1.807) is 24.3 Å². The van der Waals surface area contributed by atoms with E-state index in [0.717, 1.165) is 12.1 Å². The number of benzene rings is 4. The Labute approximate surface area is 313 Å². The molecule has 4 aromatic rings. The molecule has 0 atom stereocenters. The average Bonchev–Trinajstić information content (AvgIpc) is 3.07. The molecule has 52 heavy (non-hydrogen) atoms. The van der Waals surface area contributed by atoms with Crippen LogP contribution in [0.3, 0.4) is 0 Å². The number of ether oxygens (including phenoxy) is 2. The van der Waals surface area contributed by atoms with Crippen molar-refractivity contribution < 1.29 is 55.6 Å². The lowest BCUT2D eigenvalue weighted by Gasteiger charge is -2.17. The van der Waals surface area contributed by atoms with Gasteiger partial charge in [-0.15, -0.1) is 23.5 Å². The van der Waals surface area contributed by atoms with Gasteiger partial charge in [-0.2, -0.15) is 26.3 Å². The molecule has 0 radical (unpaired) electrons. The second-order valence-electron chi connectivity index (χ2n) is 11.2. The van der Waals surface area contributed by atoms with E-state index in [1.807, 2.05) is 0 Å². The smallest absolute Gasteiger partial charge is 0.416 e. The monoisotopic (exact) mass is 806 g/mol. The molecule has 6 nitrogen and oxygen atoms in total. The van der Waals surface area contributed by atoms with E-state index in [0.29, 0.717) is 34.1 Å². The summed E-state index contributed by atoms with van der Waals surface area (Å²) in [6.45, 7) is -1.12. The van der Waals surface area contributed by atoms with Gasteiger partial charge in [0, 0.05) is 9.79 Å². The first kappa shape index (κ1) is 41.0. The summed E-state index contributed by atoms with van der Waals surface area (Å²) in [5, 5.41) is 17.9. The Bertz CT molecular complexity index is 1750. The third-order valence-electron chi connectivity index (χ3n) is 7.39. The lowest BCUT2D eigenvalue weighted by atomic mass is 9.93. The SMILES string of the molecule is O=C(O)COc1ccc(SCCCc2ccc(-c3ccc(CCCSc4ccc(OCC(=O)O)c(Cl)c4)c(C(F)(F)F)c3)cc2C(F)(F)F)cc1Cl. The number of hydrogen-bond acceptors (Lipinski definition) is 6. The minimum Gasteiger partial charge on any atom is -0.480 e. The Hall–Kier alpha value is -3.72. The van der Waals surface area contributed by atoms with Gasteiger partial charge in [-0.05, 0) is 108 Å². The number of carboxylic acid groups (broad SMARTS) is 2. The second-order valence-corrected chi connectivity index (χ2v) is 14.3. The number of alkyl halides is 6. The summed E-state index contributed by atoms with van der Waals surface area (Å²) >= 11 is 15.0. The number of carboxylic acids is 2. The number of hydrogen-bond donors (Lipinski definition) is 2. The summed E-state index contributed by atoms with van der Waals surface area (Å²) < 4.78 is 95.1. The highest BCUT2D eigenvalue weighted by Crippen LogP contribution is 2.40. The fourth-order valence-electron chi connectivity index (χ4n) is 5.04. The first-order valence-electron chi connectivity index (χ1n) is 15.5. The summed E-state index contributed by atoms with van der Waals surface area (Å²) in [7, 11) is 0. The van der Waals surface area contributed by atoms with Crippen molar-refractivity contribution in [2.75, 3.05) is 24.7 Å². The highest BCUT2D eigenvalue weighted by molar-refractivity contribution is 7.99. The predicted molar refractivity (Wildman–Crippen MR) is 189 cm³/mol. The van der Waals surface area contributed by atoms with E-state index < -0.39 is 48.6 Å².